The SMILES string of the molecule is C=CCc1cc(/C=N\OCc2ccccc2C#N)cc(OC)c1OCc1ccc(Cl)cc1Cl. The van der Waals surface area contributed by atoms with E-state index in [2.05, 4.69) is 17.8 Å². The molecule has 0 bridgehead atoms. The van der Waals surface area contributed by atoms with E-state index in [1.807, 2.05) is 36.4 Å². The number of allylic oxidation sites excluding steroid dienone is 1. The largest absolute Gasteiger partial charge is 0.493 e. The van der Waals surface area contributed by atoms with E-state index < -0.39 is 0 Å². The van der Waals surface area contributed by atoms with Crippen molar-refractivity contribution in [1.82, 2.24) is 0 Å². The van der Waals surface area contributed by atoms with E-state index in [1.54, 1.807) is 37.6 Å². The van der Waals surface area contributed by atoms with Crippen LogP contribution >= 0.6 is 23.2 Å². The van der Waals surface area contributed by atoms with Crippen molar-refractivity contribution in [3.05, 3.63) is 105 Å². The van der Waals surface area contributed by atoms with Crippen molar-refractivity contribution in [2.24, 2.45) is 5.16 Å². The van der Waals surface area contributed by atoms with Gasteiger partial charge in [0.1, 0.15) is 13.2 Å². The Morgan fingerprint density at radius 2 is 1.85 bits per heavy atom. The molecule has 0 aromatic heterocycles. The standard InChI is InChI=1S/C26H22Cl2N2O3/c1-3-6-19-11-18(15-30-33-17-21-8-5-4-7-20(21)14-29)12-25(31-2)26(19)32-16-22-9-10-23(27)13-24(22)28/h3-5,7-13,15H,1,6,16-17H2,2H3/b30-15-. The maximum atomic E-state index is 9.17. The Labute approximate surface area is 203 Å². The van der Waals surface area contributed by atoms with Crippen LogP contribution in [0.5, 0.6) is 11.5 Å². The number of oxime groups is 1. The summed E-state index contributed by atoms with van der Waals surface area (Å²) < 4.78 is 11.6. The molecule has 0 saturated carbocycles. The van der Waals surface area contributed by atoms with Gasteiger partial charge >= 0.3 is 0 Å². The summed E-state index contributed by atoms with van der Waals surface area (Å²) in [5, 5.41) is 14.3. The molecule has 0 heterocycles. The first kappa shape index (κ1) is 24.2. The monoisotopic (exact) mass is 480 g/mol. The Hall–Kier alpha value is -3.46. The van der Waals surface area contributed by atoms with E-state index in [0.29, 0.717) is 33.5 Å². The topological polar surface area (TPSA) is 63.8 Å². The van der Waals surface area contributed by atoms with Crippen molar-refractivity contribution < 1.29 is 14.3 Å². The predicted molar refractivity (Wildman–Crippen MR) is 131 cm³/mol. The van der Waals surface area contributed by atoms with Gasteiger partial charge in [-0.25, -0.2) is 0 Å². The fourth-order valence-corrected chi connectivity index (χ4v) is 3.59. The summed E-state index contributed by atoms with van der Waals surface area (Å²) in [7, 11) is 1.57. The van der Waals surface area contributed by atoms with Crippen LogP contribution in [0.3, 0.4) is 0 Å². The molecule has 5 nitrogen and oxygen atoms in total. The Bertz CT molecular complexity index is 1200. The molecule has 0 saturated heterocycles. The molecule has 0 spiro atoms. The van der Waals surface area contributed by atoms with E-state index >= 15 is 0 Å². The summed E-state index contributed by atoms with van der Waals surface area (Å²) in [6, 6.07) is 18.4. The fourth-order valence-electron chi connectivity index (χ4n) is 3.13. The zero-order valence-electron chi connectivity index (χ0n) is 18.1. The third kappa shape index (κ3) is 6.52. The van der Waals surface area contributed by atoms with Gasteiger partial charge in [0.2, 0.25) is 0 Å². The van der Waals surface area contributed by atoms with Crippen LogP contribution < -0.4 is 9.47 Å². The summed E-state index contributed by atoms with van der Waals surface area (Å²) in [5.74, 6) is 1.15. The van der Waals surface area contributed by atoms with E-state index in [-0.39, 0.29) is 13.2 Å². The second kappa shape index (κ2) is 12.0. The molecule has 0 amide bonds. The van der Waals surface area contributed by atoms with Gasteiger partial charge in [-0.2, -0.15) is 5.26 Å². The van der Waals surface area contributed by atoms with Crippen molar-refractivity contribution in [1.29, 1.82) is 5.26 Å². The minimum absolute atomic E-state index is 0.194. The van der Waals surface area contributed by atoms with Crippen LogP contribution in [0.4, 0.5) is 0 Å². The van der Waals surface area contributed by atoms with Gasteiger partial charge < -0.3 is 14.3 Å². The van der Waals surface area contributed by atoms with Crippen molar-refractivity contribution >= 4 is 29.4 Å². The summed E-state index contributed by atoms with van der Waals surface area (Å²) >= 11 is 12.2. The number of methoxy groups -OCH3 is 1. The number of benzene rings is 3. The first-order chi connectivity index (χ1) is 16.0. The lowest BCUT2D eigenvalue weighted by atomic mass is 10.1. The van der Waals surface area contributed by atoms with Gasteiger partial charge in [-0.15, -0.1) is 6.58 Å². The number of hydrogen-bond donors (Lipinski definition) is 0. The summed E-state index contributed by atoms with van der Waals surface area (Å²) in [6.45, 7) is 4.28. The normalized spacial score (nSPS) is 10.6. The average Bonchev–Trinajstić information content (AvgIpc) is 2.82. The average molecular weight is 481 g/mol. The lowest BCUT2D eigenvalue weighted by Gasteiger charge is -2.16. The minimum atomic E-state index is 0.194. The Morgan fingerprint density at radius 3 is 2.58 bits per heavy atom. The number of rotatable bonds is 10. The van der Waals surface area contributed by atoms with Gasteiger partial charge in [-0.1, -0.05) is 58.7 Å². The molecule has 3 aromatic carbocycles. The van der Waals surface area contributed by atoms with Crippen LogP contribution in [0.2, 0.25) is 10.0 Å². The summed E-state index contributed by atoms with van der Waals surface area (Å²) in [6.07, 6.45) is 3.94. The quantitative estimate of drug-likeness (QED) is 0.183. The van der Waals surface area contributed by atoms with Crippen molar-refractivity contribution in [3.63, 3.8) is 0 Å². The van der Waals surface area contributed by atoms with Crippen molar-refractivity contribution in [2.75, 3.05) is 7.11 Å². The lowest BCUT2D eigenvalue weighted by Crippen LogP contribution is -2.03. The maximum absolute atomic E-state index is 9.17. The number of hydrogen-bond acceptors (Lipinski definition) is 5. The first-order valence-electron chi connectivity index (χ1n) is 10.1. The third-order valence-corrected chi connectivity index (χ3v) is 5.35. The molecule has 0 fully saturated rings. The first-order valence-corrected chi connectivity index (χ1v) is 10.8. The van der Waals surface area contributed by atoms with Gasteiger partial charge in [0.05, 0.1) is 25.0 Å². The van der Waals surface area contributed by atoms with Crippen molar-refractivity contribution in [2.45, 2.75) is 19.6 Å². The number of ether oxygens (including phenoxy) is 2. The molecule has 0 unspecified atom stereocenters. The molecule has 33 heavy (non-hydrogen) atoms. The molecule has 3 aromatic rings. The number of halogens is 2. The third-order valence-electron chi connectivity index (χ3n) is 4.76. The van der Waals surface area contributed by atoms with Crippen LogP contribution in [-0.4, -0.2) is 13.3 Å². The Kier molecular flexibility index (Phi) is 8.77. The molecule has 3 rings (SSSR count). The maximum Gasteiger partial charge on any atom is 0.165 e. The van der Waals surface area contributed by atoms with Gasteiger partial charge in [-0.3, -0.25) is 0 Å². The van der Waals surface area contributed by atoms with Gasteiger partial charge in [-0.05, 0) is 36.8 Å². The Morgan fingerprint density at radius 1 is 1.03 bits per heavy atom. The molecule has 168 valence electrons. The molecule has 0 atom stereocenters. The van der Waals surface area contributed by atoms with Crippen LogP contribution in [0, 0.1) is 11.3 Å². The highest BCUT2D eigenvalue weighted by atomic mass is 35.5. The summed E-state index contributed by atoms with van der Waals surface area (Å²) in [5.41, 5.74) is 3.79. The molecule has 7 heteroatoms. The zero-order valence-corrected chi connectivity index (χ0v) is 19.6. The molecular weight excluding hydrogens is 459 g/mol. The molecule has 0 aliphatic rings. The van der Waals surface area contributed by atoms with Crippen LogP contribution in [0.25, 0.3) is 0 Å². The van der Waals surface area contributed by atoms with Crippen molar-refractivity contribution in [3.8, 4) is 17.6 Å². The lowest BCUT2D eigenvalue weighted by molar-refractivity contribution is 0.132. The Balaban J connectivity index is 1.77. The minimum Gasteiger partial charge on any atom is -0.493 e. The molecule has 0 aliphatic carbocycles. The fraction of sp³-hybridized carbons (Fsp3) is 0.154. The van der Waals surface area contributed by atoms with E-state index in [1.165, 1.54) is 0 Å². The molecule has 0 aliphatic heterocycles. The highest BCUT2D eigenvalue weighted by Gasteiger charge is 2.14. The highest BCUT2D eigenvalue weighted by Crippen LogP contribution is 2.34. The number of nitriles is 1. The summed E-state index contributed by atoms with van der Waals surface area (Å²) in [4.78, 5) is 5.40. The molecule has 0 N–H and O–H groups in total. The second-order valence-corrected chi connectivity index (χ2v) is 7.85. The smallest absolute Gasteiger partial charge is 0.165 e. The van der Waals surface area contributed by atoms with E-state index in [4.69, 9.17) is 37.5 Å². The van der Waals surface area contributed by atoms with Gasteiger partial charge in [0.15, 0.2) is 11.5 Å². The molecular formula is C26H22Cl2N2O3. The predicted octanol–water partition coefficient (Wildman–Crippen LogP) is 6.73. The van der Waals surface area contributed by atoms with Crippen LogP contribution in [0.15, 0.2) is 72.4 Å². The van der Waals surface area contributed by atoms with E-state index in [9.17, 15) is 5.26 Å². The number of nitrogens with zero attached hydrogens (tertiary/aromatic N) is 2. The van der Waals surface area contributed by atoms with Gasteiger partial charge in [0, 0.05) is 32.3 Å². The highest BCUT2D eigenvalue weighted by molar-refractivity contribution is 6.35. The van der Waals surface area contributed by atoms with Crippen LogP contribution in [0.1, 0.15) is 27.8 Å². The zero-order chi connectivity index (χ0) is 23.6. The molecule has 0 radical (unpaired) electrons. The van der Waals surface area contributed by atoms with Gasteiger partial charge in [0.25, 0.3) is 0 Å². The second-order valence-electron chi connectivity index (χ2n) is 7.01. The van der Waals surface area contributed by atoms with E-state index in [0.717, 1.165) is 22.3 Å². The van der Waals surface area contributed by atoms with Crippen LogP contribution in [-0.2, 0) is 24.5 Å².